The van der Waals surface area contributed by atoms with Gasteiger partial charge >= 0.3 is 11.9 Å². The van der Waals surface area contributed by atoms with E-state index >= 15 is 0 Å². The van der Waals surface area contributed by atoms with Gasteiger partial charge in [0, 0.05) is 6.42 Å². The Hall–Kier alpha value is -1.39. The van der Waals surface area contributed by atoms with Crippen LogP contribution in [0.15, 0.2) is 0 Å². The zero-order chi connectivity index (χ0) is 11.8. The van der Waals surface area contributed by atoms with E-state index in [0.717, 1.165) is 0 Å². The molecule has 0 aliphatic carbocycles. The molecule has 1 atom stereocenters. The first-order chi connectivity index (χ1) is 6.93. The Morgan fingerprint density at radius 1 is 1.27 bits per heavy atom. The molecule has 0 amide bonds. The number of carboxylic acid groups (broad SMARTS) is 1. The number of aliphatic carboxylic acids is 1. The van der Waals surface area contributed by atoms with Gasteiger partial charge in [0.15, 0.2) is 0 Å². The second-order valence-corrected chi connectivity index (χ2v) is 3.45. The Bertz CT molecular complexity index is 246. The van der Waals surface area contributed by atoms with Crippen molar-refractivity contribution in [2.24, 2.45) is 5.92 Å². The number of carbonyl (C=O) groups is 3. The van der Waals surface area contributed by atoms with Crippen molar-refractivity contribution < 1.29 is 24.2 Å². The van der Waals surface area contributed by atoms with Crippen LogP contribution in [0.25, 0.3) is 0 Å². The average molecular weight is 216 g/mol. The topological polar surface area (TPSA) is 80.7 Å². The molecule has 0 aromatic heterocycles. The molecule has 0 bridgehead atoms. The molecule has 86 valence electrons. The largest absolute Gasteiger partial charge is 0.481 e. The molecule has 0 spiro atoms. The van der Waals surface area contributed by atoms with Gasteiger partial charge in [-0.25, -0.2) is 0 Å². The van der Waals surface area contributed by atoms with Gasteiger partial charge in [0.25, 0.3) is 0 Å². The molecule has 0 aliphatic heterocycles. The maximum Gasteiger partial charge on any atom is 0.306 e. The summed E-state index contributed by atoms with van der Waals surface area (Å²) in [6.07, 6.45) is 0.533. The maximum absolute atomic E-state index is 11.0. The minimum Gasteiger partial charge on any atom is -0.481 e. The molecule has 0 saturated carbocycles. The summed E-state index contributed by atoms with van der Waals surface area (Å²) in [4.78, 5) is 31.9. The van der Waals surface area contributed by atoms with Crippen LogP contribution in [0.5, 0.6) is 0 Å². The lowest BCUT2D eigenvalue weighted by atomic mass is 10.1. The molecular formula is C10H16O5. The predicted molar refractivity (Wildman–Crippen MR) is 52.3 cm³/mol. The van der Waals surface area contributed by atoms with Crippen molar-refractivity contribution in [3.63, 3.8) is 0 Å². The van der Waals surface area contributed by atoms with E-state index < -0.39 is 17.9 Å². The molecule has 1 N–H and O–H groups in total. The first-order valence-corrected chi connectivity index (χ1v) is 4.81. The highest BCUT2D eigenvalue weighted by molar-refractivity contribution is 5.80. The quantitative estimate of drug-likeness (QED) is 0.642. The first kappa shape index (κ1) is 13.6. The molecule has 0 aliphatic rings. The summed E-state index contributed by atoms with van der Waals surface area (Å²) >= 11 is 0. The van der Waals surface area contributed by atoms with Crippen LogP contribution < -0.4 is 0 Å². The molecule has 5 nitrogen and oxygen atoms in total. The molecule has 0 saturated heterocycles. The van der Waals surface area contributed by atoms with Gasteiger partial charge in [-0.15, -0.1) is 0 Å². The van der Waals surface area contributed by atoms with Crippen LogP contribution >= 0.6 is 0 Å². The zero-order valence-corrected chi connectivity index (χ0v) is 8.99. The van der Waals surface area contributed by atoms with Crippen LogP contribution in [0.4, 0.5) is 0 Å². The number of ether oxygens (including phenoxy) is 1. The maximum atomic E-state index is 11.0. The summed E-state index contributed by atoms with van der Waals surface area (Å²) in [6.45, 7) is 3.04. The Morgan fingerprint density at radius 2 is 1.87 bits per heavy atom. The Kier molecular flexibility index (Phi) is 6.33. The van der Waals surface area contributed by atoms with Crippen LogP contribution in [0.2, 0.25) is 0 Å². The first-order valence-electron chi connectivity index (χ1n) is 4.81. The molecule has 15 heavy (non-hydrogen) atoms. The highest BCUT2D eigenvalue weighted by Gasteiger charge is 2.11. The number of rotatable bonds is 7. The standard InChI is InChI=1S/C10H16O5/c1-7(10(13)14)5-6-15-9(12)4-3-8(2)11/h7H,3-6H2,1-2H3,(H,13,14). The number of hydrogen-bond acceptors (Lipinski definition) is 4. The highest BCUT2D eigenvalue weighted by Crippen LogP contribution is 2.03. The second-order valence-electron chi connectivity index (χ2n) is 3.45. The third-order valence-corrected chi connectivity index (χ3v) is 1.92. The fourth-order valence-electron chi connectivity index (χ4n) is 0.823. The molecule has 0 radical (unpaired) electrons. The number of hydrogen-bond donors (Lipinski definition) is 1. The van der Waals surface area contributed by atoms with Crippen molar-refractivity contribution in [1.29, 1.82) is 0 Å². The number of carbonyl (C=O) groups excluding carboxylic acids is 2. The zero-order valence-electron chi connectivity index (χ0n) is 8.99. The summed E-state index contributed by atoms with van der Waals surface area (Å²) in [5, 5.41) is 8.54. The van der Waals surface area contributed by atoms with Crippen LogP contribution in [0.3, 0.4) is 0 Å². The SMILES string of the molecule is CC(=O)CCC(=O)OCCC(C)C(=O)O. The summed E-state index contributed by atoms with van der Waals surface area (Å²) in [6, 6.07) is 0. The van der Waals surface area contributed by atoms with Gasteiger partial charge in [-0.05, 0) is 13.3 Å². The smallest absolute Gasteiger partial charge is 0.306 e. The van der Waals surface area contributed by atoms with Gasteiger partial charge < -0.3 is 14.6 Å². The fourth-order valence-corrected chi connectivity index (χ4v) is 0.823. The van der Waals surface area contributed by atoms with E-state index in [0.29, 0.717) is 6.42 Å². The summed E-state index contributed by atoms with van der Waals surface area (Å²) in [7, 11) is 0. The lowest BCUT2D eigenvalue weighted by Gasteiger charge is -2.06. The molecule has 0 fully saturated rings. The molecule has 1 unspecified atom stereocenters. The molecule has 5 heteroatoms. The number of ketones is 1. The van der Waals surface area contributed by atoms with E-state index in [2.05, 4.69) is 0 Å². The predicted octanol–water partition coefficient (Wildman–Crippen LogP) is 1.01. The second kappa shape index (κ2) is 6.98. The van der Waals surface area contributed by atoms with Crippen molar-refractivity contribution in [3.05, 3.63) is 0 Å². The normalized spacial score (nSPS) is 11.9. The Balaban J connectivity index is 3.55. The van der Waals surface area contributed by atoms with Crippen molar-refractivity contribution >= 4 is 17.7 Å². The fraction of sp³-hybridized carbons (Fsp3) is 0.700. The van der Waals surface area contributed by atoms with E-state index in [1.165, 1.54) is 6.92 Å². The summed E-state index contributed by atoms with van der Waals surface area (Å²) in [5.74, 6) is -1.95. The van der Waals surface area contributed by atoms with Gasteiger partial charge in [-0.2, -0.15) is 0 Å². The van der Waals surface area contributed by atoms with E-state index in [4.69, 9.17) is 9.84 Å². The van der Waals surface area contributed by atoms with Crippen LogP contribution in [-0.4, -0.2) is 29.4 Å². The molecule has 0 rings (SSSR count). The highest BCUT2D eigenvalue weighted by atomic mass is 16.5. The van der Waals surface area contributed by atoms with Crippen molar-refractivity contribution in [2.75, 3.05) is 6.61 Å². The van der Waals surface area contributed by atoms with Crippen LogP contribution in [0.1, 0.15) is 33.1 Å². The van der Waals surface area contributed by atoms with Gasteiger partial charge in [0.05, 0.1) is 18.9 Å². The number of esters is 1. The van der Waals surface area contributed by atoms with Crippen molar-refractivity contribution in [3.8, 4) is 0 Å². The van der Waals surface area contributed by atoms with Crippen LogP contribution in [-0.2, 0) is 19.1 Å². The molecular weight excluding hydrogens is 200 g/mol. The summed E-state index contributed by atoms with van der Waals surface area (Å²) < 4.78 is 4.76. The van der Waals surface area contributed by atoms with Gasteiger partial charge in [0.1, 0.15) is 5.78 Å². The Morgan fingerprint density at radius 3 is 2.33 bits per heavy atom. The van der Waals surface area contributed by atoms with Gasteiger partial charge in [0.2, 0.25) is 0 Å². The minimum absolute atomic E-state index is 0.0640. The third-order valence-electron chi connectivity index (χ3n) is 1.92. The van der Waals surface area contributed by atoms with E-state index in [1.807, 2.05) is 0 Å². The van der Waals surface area contributed by atoms with Crippen LogP contribution in [0, 0.1) is 5.92 Å². The number of Topliss-reactive ketones (excluding diaryl/α,β-unsaturated/α-hetero) is 1. The van der Waals surface area contributed by atoms with Gasteiger partial charge in [-0.3, -0.25) is 9.59 Å². The lowest BCUT2D eigenvalue weighted by Crippen LogP contribution is -2.14. The lowest BCUT2D eigenvalue weighted by molar-refractivity contribution is -0.147. The monoisotopic (exact) mass is 216 g/mol. The number of carboxylic acids is 1. The van der Waals surface area contributed by atoms with E-state index in [9.17, 15) is 14.4 Å². The van der Waals surface area contributed by atoms with Crippen molar-refractivity contribution in [1.82, 2.24) is 0 Å². The third kappa shape index (κ3) is 7.66. The molecule has 0 aromatic carbocycles. The van der Waals surface area contributed by atoms with E-state index in [1.54, 1.807) is 6.92 Å². The molecule has 0 heterocycles. The summed E-state index contributed by atoms with van der Waals surface area (Å²) in [5.41, 5.74) is 0. The molecule has 0 aromatic rings. The van der Waals surface area contributed by atoms with Gasteiger partial charge in [-0.1, -0.05) is 6.92 Å². The average Bonchev–Trinajstić information content (AvgIpc) is 2.14. The van der Waals surface area contributed by atoms with Crippen molar-refractivity contribution in [2.45, 2.75) is 33.1 Å². The minimum atomic E-state index is -0.908. The Labute approximate surface area is 88.4 Å². The van der Waals surface area contributed by atoms with E-state index in [-0.39, 0.29) is 25.2 Å².